The van der Waals surface area contributed by atoms with Gasteiger partial charge in [0.25, 0.3) is 11.5 Å². The van der Waals surface area contributed by atoms with E-state index < -0.39 is 34.9 Å². The van der Waals surface area contributed by atoms with Crippen LogP contribution in [0.25, 0.3) is 11.0 Å². The first-order valence-electron chi connectivity index (χ1n) is 12.6. The monoisotopic (exact) mass is 553 g/mol. The van der Waals surface area contributed by atoms with Gasteiger partial charge in [0.15, 0.2) is 5.76 Å². The molecule has 3 N–H and O–H groups in total. The van der Waals surface area contributed by atoms with Crippen LogP contribution in [0.4, 0.5) is 5.82 Å². The van der Waals surface area contributed by atoms with Crippen LogP contribution >= 0.6 is 0 Å². The second kappa shape index (κ2) is 12.8. The van der Waals surface area contributed by atoms with E-state index in [1.807, 2.05) is 0 Å². The number of H-pyrrole nitrogens is 1. The Kier molecular flexibility index (Phi) is 9.50. The number of anilines is 1. The summed E-state index contributed by atoms with van der Waals surface area (Å²) in [6.45, 7) is 8.89. The van der Waals surface area contributed by atoms with Crippen molar-refractivity contribution >= 4 is 40.6 Å². The maximum Gasteiger partial charge on any atom is 0.328 e. The highest BCUT2D eigenvalue weighted by Crippen LogP contribution is 2.19. The molecule has 0 unspecified atom stereocenters. The van der Waals surface area contributed by atoms with Gasteiger partial charge in [0, 0.05) is 23.9 Å². The van der Waals surface area contributed by atoms with Gasteiger partial charge in [-0.15, -0.1) is 0 Å². The number of hydrogen-bond donors (Lipinski definition) is 3. The Labute approximate surface area is 229 Å². The number of amides is 2. The Morgan fingerprint density at radius 2 is 1.88 bits per heavy atom. The molecule has 0 fully saturated rings. The molecular formula is C27H31N5O8. The van der Waals surface area contributed by atoms with E-state index in [1.54, 1.807) is 34.6 Å². The van der Waals surface area contributed by atoms with Gasteiger partial charge in [-0.25, -0.2) is 14.3 Å². The van der Waals surface area contributed by atoms with Gasteiger partial charge >= 0.3 is 11.9 Å². The van der Waals surface area contributed by atoms with Crippen molar-refractivity contribution in [2.75, 3.05) is 18.5 Å². The van der Waals surface area contributed by atoms with Crippen molar-refractivity contribution in [3.05, 3.63) is 46.4 Å². The van der Waals surface area contributed by atoms with Gasteiger partial charge in [-0.05, 0) is 32.3 Å². The Bertz CT molecular complexity index is 1530. The molecule has 3 rings (SSSR count). The van der Waals surface area contributed by atoms with E-state index in [1.165, 1.54) is 18.5 Å². The van der Waals surface area contributed by atoms with Crippen LogP contribution < -0.4 is 16.2 Å². The van der Waals surface area contributed by atoms with Gasteiger partial charge in [0.05, 0.1) is 24.2 Å². The summed E-state index contributed by atoms with van der Waals surface area (Å²) in [4.78, 5) is 68.8. The summed E-state index contributed by atoms with van der Waals surface area (Å²) in [6, 6.07) is 4.35. The van der Waals surface area contributed by atoms with Crippen LogP contribution in [0.5, 0.6) is 0 Å². The molecule has 0 aliphatic rings. The largest absolute Gasteiger partial charge is 0.466 e. The minimum atomic E-state index is -1.07. The number of nitrogens with zero attached hydrogens (tertiary/aromatic N) is 2. The van der Waals surface area contributed by atoms with E-state index >= 15 is 0 Å². The van der Waals surface area contributed by atoms with E-state index in [9.17, 15) is 24.0 Å². The van der Waals surface area contributed by atoms with Crippen molar-refractivity contribution in [2.24, 2.45) is 5.41 Å². The first-order valence-corrected chi connectivity index (χ1v) is 12.6. The first kappa shape index (κ1) is 29.7. The summed E-state index contributed by atoms with van der Waals surface area (Å²) in [6.07, 6.45) is 2.27. The summed E-state index contributed by atoms with van der Waals surface area (Å²) in [5.41, 5.74) is -0.755. The van der Waals surface area contributed by atoms with Gasteiger partial charge in [-0.2, -0.15) is 0 Å². The number of furan rings is 1. The molecule has 1 atom stereocenters. The van der Waals surface area contributed by atoms with Crippen LogP contribution in [0.15, 0.2) is 33.9 Å². The average molecular weight is 554 g/mol. The third-order valence-corrected chi connectivity index (χ3v) is 5.46. The quantitative estimate of drug-likeness (QED) is 0.265. The molecule has 0 spiro atoms. The summed E-state index contributed by atoms with van der Waals surface area (Å²) in [5.74, 6) is 0.989. The van der Waals surface area contributed by atoms with Crippen LogP contribution in [-0.2, 0) is 23.9 Å². The number of aromatic amines is 1. The molecule has 0 saturated heterocycles. The lowest BCUT2D eigenvalue weighted by molar-refractivity contribution is -0.146. The summed E-state index contributed by atoms with van der Waals surface area (Å²) in [5, 5.41) is 5.46. The Hall–Kier alpha value is -4.86. The molecule has 13 heteroatoms. The van der Waals surface area contributed by atoms with Crippen molar-refractivity contribution < 1.29 is 33.1 Å². The van der Waals surface area contributed by atoms with Crippen molar-refractivity contribution in [3.8, 4) is 12.0 Å². The number of nitrogens with one attached hydrogen (secondary N) is 3. The zero-order valence-electron chi connectivity index (χ0n) is 22.9. The van der Waals surface area contributed by atoms with Crippen molar-refractivity contribution in [2.45, 2.75) is 53.5 Å². The zero-order chi connectivity index (χ0) is 29.4. The number of carbonyl (C=O) groups excluding carboxylic acids is 4. The molecule has 3 aromatic heterocycles. The molecule has 40 heavy (non-hydrogen) atoms. The van der Waals surface area contributed by atoms with Crippen LogP contribution in [-0.4, -0.2) is 57.5 Å². The predicted octanol–water partition coefficient (Wildman–Crippen LogP) is 2.16. The van der Waals surface area contributed by atoms with Gasteiger partial charge in [0.1, 0.15) is 30.1 Å². The second-order valence-corrected chi connectivity index (χ2v) is 9.63. The lowest BCUT2D eigenvalue weighted by atomic mass is 9.96. The fourth-order valence-electron chi connectivity index (χ4n) is 3.33. The van der Waals surface area contributed by atoms with E-state index in [0.717, 1.165) is 10.8 Å². The SMILES string of the molecule is CCOC(=O)CC[C@H](NC(=O)c1coc(C#Cn2cnc3[nH]c(NC(=O)C(C)(C)C)cc3c2=O)c1)C(=O)OCC. The molecule has 0 aromatic carbocycles. The Morgan fingerprint density at radius 3 is 2.55 bits per heavy atom. The Morgan fingerprint density at radius 1 is 1.15 bits per heavy atom. The van der Waals surface area contributed by atoms with E-state index in [4.69, 9.17) is 13.9 Å². The average Bonchev–Trinajstić information content (AvgIpc) is 3.53. The standard InChI is InChI=1S/C27H31N5O8/c1-6-38-21(33)9-8-19(25(36)39-7-2)29-23(34)16-12-17(40-14-16)10-11-32-15-28-22-18(24(32)35)13-20(30-22)31-26(37)27(3,4)5/h12-15,19,30H,6-9H2,1-5H3,(H,29,34)(H,31,37)/t19-/m0/s1. The molecule has 13 nitrogen and oxygen atoms in total. The topological polar surface area (TPSA) is 175 Å². The van der Waals surface area contributed by atoms with Gasteiger partial charge in [0.2, 0.25) is 5.91 Å². The van der Waals surface area contributed by atoms with Crippen molar-refractivity contribution in [1.29, 1.82) is 0 Å². The van der Waals surface area contributed by atoms with Gasteiger partial charge in [-0.1, -0.05) is 20.8 Å². The maximum absolute atomic E-state index is 12.9. The van der Waals surface area contributed by atoms with Crippen molar-refractivity contribution in [1.82, 2.24) is 19.9 Å². The second-order valence-electron chi connectivity index (χ2n) is 9.63. The zero-order valence-corrected chi connectivity index (χ0v) is 22.9. The predicted molar refractivity (Wildman–Crippen MR) is 143 cm³/mol. The minimum Gasteiger partial charge on any atom is -0.466 e. The van der Waals surface area contributed by atoms with Crippen molar-refractivity contribution in [3.63, 3.8) is 0 Å². The summed E-state index contributed by atoms with van der Waals surface area (Å²) in [7, 11) is 0. The molecule has 0 aliphatic carbocycles. The summed E-state index contributed by atoms with van der Waals surface area (Å²) >= 11 is 0. The highest BCUT2D eigenvalue weighted by atomic mass is 16.5. The number of carbonyl (C=O) groups is 4. The van der Waals surface area contributed by atoms with Crippen LogP contribution in [0, 0.1) is 17.4 Å². The van der Waals surface area contributed by atoms with E-state index in [0.29, 0.717) is 5.82 Å². The molecule has 212 valence electrons. The number of fused-ring (bicyclic) bond motifs is 1. The minimum absolute atomic E-state index is 0.00688. The molecular weight excluding hydrogens is 522 g/mol. The van der Waals surface area contributed by atoms with E-state index in [2.05, 4.69) is 32.6 Å². The summed E-state index contributed by atoms with van der Waals surface area (Å²) < 4.78 is 16.2. The van der Waals surface area contributed by atoms with Gasteiger partial charge in [-0.3, -0.25) is 19.2 Å². The molecule has 0 radical (unpaired) electrons. The van der Waals surface area contributed by atoms with Crippen LogP contribution in [0.2, 0.25) is 0 Å². The lowest BCUT2D eigenvalue weighted by Gasteiger charge is -2.16. The molecule has 0 saturated carbocycles. The fourth-order valence-corrected chi connectivity index (χ4v) is 3.33. The third kappa shape index (κ3) is 7.59. The highest BCUT2D eigenvalue weighted by molar-refractivity contribution is 5.97. The third-order valence-electron chi connectivity index (χ3n) is 5.46. The smallest absolute Gasteiger partial charge is 0.328 e. The van der Waals surface area contributed by atoms with E-state index in [-0.39, 0.29) is 54.3 Å². The Balaban J connectivity index is 1.73. The highest BCUT2D eigenvalue weighted by Gasteiger charge is 2.25. The fraction of sp³-hybridized carbons (Fsp3) is 0.407. The number of ether oxygens (including phenoxy) is 2. The molecule has 0 aliphatic heterocycles. The number of esters is 2. The first-order chi connectivity index (χ1) is 18.9. The molecule has 3 heterocycles. The number of rotatable bonds is 9. The number of hydrogen-bond acceptors (Lipinski definition) is 9. The molecule has 0 bridgehead atoms. The van der Waals surface area contributed by atoms with Crippen LogP contribution in [0.3, 0.4) is 0 Å². The van der Waals surface area contributed by atoms with Gasteiger partial charge < -0.3 is 29.5 Å². The molecule has 3 aromatic rings. The molecule has 2 amide bonds. The maximum atomic E-state index is 12.9. The normalized spacial score (nSPS) is 11.7. The van der Waals surface area contributed by atoms with Crippen LogP contribution in [0.1, 0.15) is 63.6 Å². The number of aromatic nitrogens is 3. The lowest BCUT2D eigenvalue weighted by Crippen LogP contribution is -2.42.